The molecule has 0 spiro atoms. The molecule has 2 aromatic rings. The predicted molar refractivity (Wildman–Crippen MR) is 94.7 cm³/mol. The average molecular weight is 361 g/mol. The molecule has 2 heterocycles. The monoisotopic (exact) mass is 361 g/mol. The number of nitrogens with one attached hydrogen (secondary N) is 1. The maximum atomic E-state index is 12.2. The van der Waals surface area contributed by atoms with Crippen molar-refractivity contribution in [1.29, 1.82) is 0 Å². The second kappa shape index (κ2) is 8.29. The van der Waals surface area contributed by atoms with Crippen molar-refractivity contribution in [2.75, 3.05) is 19.8 Å². The molecule has 2 amide bonds. The van der Waals surface area contributed by atoms with Crippen LogP contribution in [0.3, 0.4) is 0 Å². The number of aromatic nitrogens is 1. The Labute approximate surface area is 150 Å². The highest BCUT2D eigenvalue weighted by Crippen LogP contribution is 2.24. The fraction of sp³-hybridized carbons (Fsp3) is 0.500. The number of rotatable bonds is 8. The van der Waals surface area contributed by atoms with Crippen molar-refractivity contribution >= 4 is 22.9 Å². The number of carbonyl (C=O) groups is 2. The van der Waals surface area contributed by atoms with Crippen LogP contribution in [0.25, 0.3) is 11.1 Å². The molecule has 0 bridgehead atoms. The summed E-state index contributed by atoms with van der Waals surface area (Å²) >= 11 is 0. The number of piperidine rings is 1. The minimum atomic E-state index is -0.719. The summed E-state index contributed by atoms with van der Waals surface area (Å²) in [7, 11) is 0. The van der Waals surface area contributed by atoms with Crippen molar-refractivity contribution in [3.63, 3.8) is 0 Å². The van der Waals surface area contributed by atoms with Gasteiger partial charge in [-0.05, 0) is 49.9 Å². The number of oxazole rings is 1. The Morgan fingerprint density at radius 2 is 2.04 bits per heavy atom. The van der Waals surface area contributed by atoms with Gasteiger partial charge in [-0.1, -0.05) is 6.07 Å². The van der Waals surface area contributed by atoms with E-state index in [0.29, 0.717) is 37.3 Å². The Kier molecular flexibility index (Phi) is 5.85. The summed E-state index contributed by atoms with van der Waals surface area (Å²) in [6, 6.07) is 4.80. The van der Waals surface area contributed by atoms with Gasteiger partial charge in [-0.3, -0.25) is 19.5 Å². The van der Waals surface area contributed by atoms with Crippen molar-refractivity contribution < 1.29 is 18.7 Å². The molecule has 1 atom stereocenters. The molecule has 0 radical (unpaired) electrons. The van der Waals surface area contributed by atoms with Crippen LogP contribution in [-0.2, 0) is 20.7 Å². The second-order valence-corrected chi connectivity index (χ2v) is 6.37. The number of carbonyl (C=O) groups excluding carboxylic acids is 2. The largest absolute Gasteiger partial charge is 0.420 e. The van der Waals surface area contributed by atoms with Crippen molar-refractivity contribution in [1.82, 2.24) is 9.88 Å². The number of hydrogen-bond donors (Lipinski definition) is 2. The van der Waals surface area contributed by atoms with Crippen LogP contribution in [0.1, 0.15) is 37.3 Å². The Bertz CT molecular complexity index is 854. The Morgan fingerprint density at radius 3 is 2.81 bits per heavy atom. The quantitative estimate of drug-likeness (QED) is 0.532. The summed E-state index contributed by atoms with van der Waals surface area (Å²) < 4.78 is 12.1. The van der Waals surface area contributed by atoms with Gasteiger partial charge in [0, 0.05) is 19.6 Å². The molecule has 140 valence electrons. The number of hydrogen-bond acceptors (Lipinski definition) is 6. The van der Waals surface area contributed by atoms with Crippen LogP contribution in [0, 0.1) is 0 Å². The maximum absolute atomic E-state index is 12.2. The van der Waals surface area contributed by atoms with Crippen LogP contribution in [0.5, 0.6) is 0 Å². The van der Waals surface area contributed by atoms with Crippen molar-refractivity contribution in [2.45, 2.75) is 38.1 Å². The van der Waals surface area contributed by atoms with Gasteiger partial charge in [0.15, 0.2) is 5.58 Å². The van der Waals surface area contributed by atoms with Crippen LogP contribution < -0.4 is 16.8 Å². The first-order valence-electron chi connectivity index (χ1n) is 8.85. The molecule has 1 aromatic heterocycles. The van der Waals surface area contributed by atoms with Gasteiger partial charge in [0.25, 0.3) is 0 Å². The van der Waals surface area contributed by atoms with Gasteiger partial charge < -0.3 is 14.9 Å². The first-order chi connectivity index (χ1) is 12.6. The minimum absolute atomic E-state index is 0.206. The van der Waals surface area contributed by atoms with Crippen LogP contribution >= 0.6 is 0 Å². The first-order valence-corrected chi connectivity index (χ1v) is 8.85. The normalized spacial score (nSPS) is 17.7. The zero-order valence-electron chi connectivity index (χ0n) is 14.5. The molecule has 3 N–H and O–H groups in total. The van der Waals surface area contributed by atoms with Gasteiger partial charge in [-0.2, -0.15) is 0 Å². The van der Waals surface area contributed by atoms with E-state index < -0.39 is 17.7 Å². The van der Waals surface area contributed by atoms with E-state index in [4.69, 9.17) is 14.9 Å². The summed E-state index contributed by atoms with van der Waals surface area (Å²) in [5.41, 5.74) is 7.45. The third kappa shape index (κ3) is 4.03. The molecule has 0 aliphatic carbocycles. The van der Waals surface area contributed by atoms with Crippen LogP contribution in [0.15, 0.2) is 27.4 Å². The Balaban J connectivity index is 1.71. The summed E-state index contributed by atoms with van der Waals surface area (Å²) in [6.45, 7) is 1.94. The van der Waals surface area contributed by atoms with E-state index in [2.05, 4.69) is 5.32 Å². The fourth-order valence-corrected chi connectivity index (χ4v) is 3.13. The molecule has 0 saturated carbocycles. The lowest BCUT2D eigenvalue weighted by Crippen LogP contribution is -2.43. The summed E-state index contributed by atoms with van der Waals surface area (Å²) in [6.07, 6.45) is 3.00. The molecule has 8 heteroatoms. The van der Waals surface area contributed by atoms with E-state index >= 15 is 0 Å². The molecule has 1 saturated heterocycles. The minimum Gasteiger partial charge on any atom is -0.408 e. The molecule has 1 aliphatic heterocycles. The third-order valence-corrected chi connectivity index (χ3v) is 4.45. The second-order valence-electron chi connectivity index (χ2n) is 6.37. The number of amides is 2. The van der Waals surface area contributed by atoms with Gasteiger partial charge >= 0.3 is 5.76 Å². The smallest absolute Gasteiger partial charge is 0.408 e. The summed E-state index contributed by atoms with van der Waals surface area (Å²) in [5.74, 6) is -1.37. The molecule has 3 rings (SSSR count). The number of nitrogens with two attached hydrogens (primary N) is 1. The third-order valence-electron chi connectivity index (χ3n) is 4.45. The van der Waals surface area contributed by atoms with E-state index in [-0.39, 0.29) is 12.3 Å². The van der Waals surface area contributed by atoms with Gasteiger partial charge in [0.2, 0.25) is 11.8 Å². The average Bonchev–Trinajstić information content (AvgIpc) is 2.93. The highest BCUT2D eigenvalue weighted by molar-refractivity contribution is 6.00. The predicted octanol–water partition coefficient (Wildman–Crippen LogP) is 0.870. The number of benzene rings is 1. The number of fused-ring (bicyclic) bond motifs is 1. The fourth-order valence-electron chi connectivity index (χ4n) is 3.13. The Morgan fingerprint density at radius 1 is 1.23 bits per heavy atom. The highest BCUT2D eigenvalue weighted by Gasteiger charge is 2.31. The summed E-state index contributed by atoms with van der Waals surface area (Å²) in [4.78, 5) is 35.6. The molecule has 8 nitrogen and oxygen atoms in total. The highest BCUT2D eigenvalue weighted by atomic mass is 16.5. The van der Waals surface area contributed by atoms with Gasteiger partial charge in [0.05, 0.1) is 5.52 Å². The van der Waals surface area contributed by atoms with Crippen LogP contribution in [0.2, 0.25) is 0 Å². The molecular formula is C18H23N3O5. The lowest BCUT2D eigenvalue weighted by molar-refractivity contribution is -0.135. The number of nitrogens with zero attached hydrogens (tertiary/aromatic N) is 1. The van der Waals surface area contributed by atoms with Gasteiger partial charge in [0.1, 0.15) is 6.04 Å². The van der Waals surface area contributed by atoms with E-state index in [0.717, 1.165) is 24.8 Å². The maximum Gasteiger partial charge on any atom is 0.420 e. The first kappa shape index (κ1) is 18.3. The topological polar surface area (TPSA) is 117 Å². The van der Waals surface area contributed by atoms with Gasteiger partial charge in [-0.15, -0.1) is 0 Å². The molecular weight excluding hydrogens is 338 g/mol. The molecule has 26 heavy (non-hydrogen) atoms. The van der Waals surface area contributed by atoms with E-state index in [1.54, 1.807) is 6.07 Å². The number of imide groups is 1. The zero-order chi connectivity index (χ0) is 18.5. The lowest BCUT2D eigenvalue weighted by Gasteiger charge is -2.21. The lowest BCUT2D eigenvalue weighted by atomic mass is 10.1. The standard InChI is InChI=1S/C18H23N3O5/c19-8-2-10-25-9-1-3-12-4-5-13-15(11-12)26-18(24)21(13)14-6-7-16(22)20-17(14)23/h4-5,11,14H,1-3,6-10,19H2,(H,20,22,23). The van der Waals surface area contributed by atoms with Crippen LogP contribution in [-0.4, -0.2) is 36.1 Å². The molecule has 1 aliphatic rings. The van der Waals surface area contributed by atoms with Crippen LogP contribution in [0.4, 0.5) is 0 Å². The van der Waals surface area contributed by atoms with E-state index in [1.165, 1.54) is 4.57 Å². The van der Waals surface area contributed by atoms with Crippen molar-refractivity contribution in [2.24, 2.45) is 5.73 Å². The SMILES string of the molecule is NCCCOCCCc1ccc2c(c1)oc(=O)n2C1CCC(=O)NC1=O. The van der Waals surface area contributed by atoms with E-state index in [9.17, 15) is 14.4 Å². The Hall–Kier alpha value is -2.45. The number of ether oxygens (including phenoxy) is 1. The number of aryl methyl sites for hydroxylation is 1. The molecule has 1 fully saturated rings. The van der Waals surface area contributed by atoms with Crippen molar-refractivity contribution in [3.8, 4) is 0 Å². The molecule has 1 aromatic carbocycles. The van der Waals surface area contributed by atoms with E-state index in [1.807, 2.05) is 12.1 Å². The molecule has 1 unspecified atom stereocenters. The van der Waals surface area contributed by atoms with Gasteiger partial charge in [-0.25, -0.2) is 4.79 Å². The zero-order valence-corrected chi connectivity index (χ0v) is 14.5. The van der Waals surface area contributed by atoms with Crippen molar-refractivity contribution in [3.05, 3.63) is 34.3 Å². The summed E-state index contributed by atoms with van der Waals surface area (Å²) in [5, 5.41) is 2.27.